The second kappa shape index (κ2) is 5.60. The molecule has 1 aliphatic rings. The highest BCUT2D eigenvalue weighted by molar-refractivity contribution is 6.14. The highest BCUT2D eigenvalue weighted by atomic mass is 16.5. The number of nitrogens with zero attached hydrogens (tertiary/aromatic N) is 1. The van der Waals surface area contributed by atoms with Crippen LogP contribution < -0.4 is 9.47 Å². The minimum atomic E-state index is 0.279. The van der Waals surface area contributed by atoms with Gasteiger partial charge >= 0.3 is 0 Å². The van der Waals surface area contributed by atoms with Crippen LogP contribution in [0.1, 0.15) is 23.6 Å². The summed E-state index contributed by atoms with van der Waals surface area (Å²) in [7, 11) is 3.38. The SMILES string of the molecule is COc1ccc(C2=NC(C)Cc3cc(OC)ccc32)cc1. The Morgan fingerprint density at radius 1 is 0.952 bits per heavy atom. The molecule has 3 rings (SSSR count). The average molecular weight is 281 g/mol. The standard InChI is InChI=1S/C18H19NO2/c1-12-10-14-11-16(21-3)8-9-17(14)18(19-12)13-4-6-15(20-2)7-5-13/h4-9,11-12H,10H2,1-3H3. The molecule has 3 nitrogen and oxygen atoms in total. The monoisotopic (exact) mass is 281 g/mol. The first-order valence-electron chi connectivity index (χ1n) is 7.11. The second-order valence-corrected chi connectivity index (χ2v) is 5.28. The zero-order valence-electron chi connectivity index (χ0n) is 12.6. The van der Waals surface area contributed by atoms with Crippen molar-refractivity contribution in [3.63, 3.8) is 0 Å². The Balaban J connectivity index is 2.05. The van der Waals surface area contributed by atoms with Crippen LogP contribution in [0.4, 0.5) is 0 Å². The van der Waals surface area contributed by atoms with Gasteiger partial charge in [-0.05, 0) is 61.4 Å². The topological polar surface area (TPSA) is 30.8 Å². The fraction of sp³-hybridized carbons (Fsp3) is 0.278. The van der Waals surface area contributed by atoms with E-state index in [1.54, 1.807) is 14.2 Å². The van der Waals surface area contributed by atoms with Crippen molar-refractivity contribution in [2.45, 2.75) is 19.4 Å². The highest BCUT2D eigenvalue weighted by Gasteiger charge is 2.20. The molecule has 1 aliphatic heterocycles. The van der Waals surface area contributed by atoms with Crippen LogP contribution in [-0.2, 0) is 6.42 Å². The van der Waals surface area contributed by atoms with Crippen LogP contribution in [0, 0.1) is 0 Å². The molecule has 108 valence electrons. The summed E-state index contributed by atoms with van der Waals surface area (Å²) in [5.74, 6) is 1.76. The highest BCUT2D eigenvalue weighted by Crippen LogP contribution is 2.27. The molecular formula is C18H19NO2. The van der Waals surface area contributed by atoms with E-state index >= 15 is 0 Å². The molecule has 0 N–H and O–H groups in total. The molecule has 1 unspecified atom stereocenters. The summed E-state index contributed by atoms with van der Waals surface area (Å²) < 4.78 is 10.6. The molecule has 1 heterocycles. The number of rotatable bonds is 3. The van der Waals surface area contributed by atoms with Gasteiger partial charge in [0.1, 0.15) is 11.5 Å². The second-order valence-electron chi connectivity index (χ2n) is 5.28. The number of benzene rings is 2. The van der Waals surface area contributed by atoms with Crippen molar-refractivity contribution in [1.82, 2.24) is 0 Å². The van der Waals surface area contributed by atoms with Crippen molar-refractivity contribution in [3.8, 4) is 11.5 Å². The van der Waals surface area contributed by atoms with Gasteiger partial charge in [0.2, 0.25) is 0 Å². The molecular weight excluding hydrogens is 262 g/mol. The summed E-state index contributed by atoms with van der Waals surface area (Å²) in [6.45, 7) is 2.14. The van der Waals surface area contributed by atoms with E-state index < -0.39 is 0 Å². The molecule has 0 fully saturated rings. The van der Waals surface area contributed by atoms with Crippen molar-refractivity contribution in [1.29, 1.82) is 0 Å². The summed E-state index contributed by atoms with van der Waals surface area (Å²) in [4.78, 5) is 4.84. The van der Waals surface area contributed by atoms with Gasteiger partial charge in [-0.1, -0.05) is 0 Å². The Bertz CT molecular complexity index is 674. The first-order chi connectivity index (χ1) is 10.2. The van der Waals surface area contributed by atoms with E-state index in [4.69, 9.17) is 14.5 Å². The fourth-order valence-electron chi connectivity index (χ4n) is 2.73. The Morgan fingerprint density at radius 3 is 2.29 bits per heavy atom. The van der Waals surface area contributed by atoms with E-state index in [0.717, 1.165) is 29.2 Å². The minimum absolute atomic E-state index is 0.279. The third-order valence-electron chi connectivity index (χ3n) is 3.80. The van der Waals surface area contributed by atoms with Crippen LogP contribution in [0.3, 0.4) is 0 Å². The molecule has 0 aromatic heterocycles. The number of methoxy groups -OCH3 is 2. The lowest BCUT2D eigenvalue weighted by molar-refractivity contribution is 0.414. The van der Waals surface area contributed by atoms with Gasteiger partial charge < -0.3 is 9.47 Å². The molecule has 0 bridgehead atoms. The van der Waals surface area contributed by atoms with E-state index in [-0.39, 0.29) is 6.04 Å². The lowest BCUT2D eigenvalue weighted by atomic mass is 9.90. The summed E-state index contributed by atoms with van der Waals surface area (Å²) in [5, 5.41) is 0. The van der Waals surface area contributed by atoms with Crippen molar-refractivity contribution in [2.24, 2.45) is 4.99 Å². The Kier molecular flexibility index (Phi) is 3.65. The molecule has 3 heteroatoms. The Labute approximate surface area is 125 Å². The summed E-state index contributed by atoms with van der Waals surface area (Å²) in [6, 6.07) is 14.6. The van der Waals surface area contributed by atoms with E-state index in [0.29, 0.717) is 0 Å². The van der Waals surface area contributed by atoms with Gasteiger partial charge in [-0.25, -0.2) is 0 Å². The molecule has 1 atom stereocenters. The molecule has 21 heavy (non-hydrogen) atoms. The van der Waals surface area contributed by atoms with Crippen LogP contribution in [0.2, 0.25) is 0 Å². The lowest BCUT2D eigenvalue weighted by Gasteiger charge is -2.22. The Morgan fingerprint density at radius 2 is 1.62 bits per heavy atom. The fourth-order valence-corrected chi connectivity index (χ4v) is 2.73. The summed E-state index contributed by atoms with van der Waals surface area (Å²) in [5.41, 5.74) is 4.66. The third-order valence-corrected chi connectivity index (χ3v) is 3.80. The number of hydrogen-bond acceptors (Lipinski definition) is 3. The van der Waals surface area contributed by atoms with Crippen LogP contribution >= 0.6 is 0 Å². The zero-order chi connectivity index (χ0) is 14.8. The van der Waals surface area contributed by atoms with Gasteiger partial charge in [0.15, 0.2) is 0 Å². The van der Waals surface area contributed by atoms with Crippen LogP contribution in [0.25, 0.3) is 0 Å². The van der Waals surface area contributed by atoms with Crippen molar-refractivity contribution < 1.29 is 9.47 Å². The maximum absolute atomic E-state index is 5.33. The first kappa shape index (κ1) is 13.7. The predicted octanol–water partition coefficient (Wildman–Crippen LogP) is 3.49. The van der Waals surface area contributed by atoms with Crippen LogP contribution in [-0.4, -0.2) is 26.0 Å². The van der Waals surface area contributed by atoms with Gasteiger partial charge in [-0.15, -0.1) is 0 Å². The number of fused-ring (bicyclic) bond motifs is 1. The van der Waals surface area contributed by atoms with Gasteiger partial charge in [0.05, 0.1) is 26.0 Å². The molecule has 0 aliphatic carbocycles. The predicted molar refractivity (Wildman–Crippen MR) is 84.8 cm³/mol. The van der Waals surface area contributed by atoms with Gasteiger partial charge in [0.25, 0.3) is 0 Å². The van der Waals surface area contributed by atoms with Crippen molar-refractivity contribution in [2.75, 3.05) is 14.2 Å². The molecule has 0 saturated carbocycles. The zero-order valence-corrected chi connectivity index (χ0v) is 12.6. The van der Waals surface area contributed by atoms with E-state index in [1.807, 2.05) is 18.2 Å². The molecule has 0 radical (unpaired) electrons. The normalized spacial score (nSPS) is 16.9. The molecule has 0 spiro atoms. The molecule has 2 aromatic carbocycles. The first-order valence-corrected chi connectivity index (χ1v) is 7.11. The Hall–Kier alpha value is -2.29. The largest absolute Gasteiger partial charge is 0.497 e. The van der Waals surface area contributed by atoms with Gasteiger partial charge in [-0.2, -0.15) is 0 Å². The smallest absolute Gasteiger partial charge is 0.119 e. The van der Waals surface area contributed by atoms with Crippen molar-refractivity contribution in [3.05, 3.63) is 59.2 Å². The molecule has 0 saturated heterocycles. The lowest BCUT2D eigenvalue weighted by Crippen LogP contribution is -2.19. The summed E-state index contributed by atoms with van der Waals surface area (Å²) in [6.07, 6.45) is 0.951. The van der Waals surface area contributed by atoms with Crippen molar-refractivity contribution >= 4 is 5.71 Å². The quantitative estimate of drug-likeness (QED) is 0.862. The van der Waals surface area contributed by atoms with E-state index in [2.05, 4.69) is 31.2 Å². The average Bonchev–Trinajstić information content (AvgIpc) is 2.53. The number of aliphatic imine (C=N–C) groups is 1. The summed E-state index contributed by atoms with van der Waals surface area (Å²) >= 11 is 0. The minimum Gasteiger partial charge on any atom is -0.497 e. The van der Waals surface area contributed by atoms with Gasteiger partial charge in [0, 0.05) is 11.1 Å². The van der Waals surface area contributed by atoms with Crippen LogP contribution in [0.15, 0.2) is 47.5 Å². The maximum atomic E-state index is 5.33. The molecule has 0 amide bonds. The third kappa shape index (κ3) is 2.64. The molecule has 2 aromatic rings. The number of hydrogen-bond donors (Lipinski definition) is 0. The van der Waals surface area contributed by atoms with E-state index in [9.17, 15) is 0 Å². The maximum Gasteiger partial charge on any atom is 0.119 e. The van der Waals surface area contributed by atoms with E-state index in [1.165, 1.54) is 11.1 Å². The number of ether oxygens (including phenoxy) is 2. The van der Waals surface area contributed by atoms with Gasteiger partial charge in [-0.3, -0.25) is 4.99 Å². The van der Waals surface area contributed by atoms with Crippen LogP contribution in [0.5, 0.6) is 11.5 Å².